The van der Waals surface area contributed by atoms with Crippen LogP contribution in [0.15, 0.2) is 12.3 Å². The van der Waals surface area contributed by atoms with Gasteiger partial charge in [0.15, 0.2) is 0 Å². The second-order valence-corrected chi connectivity index (χ2v) is 7.42. The number of carbonyl (C=O) groups is 1. The molecule has 23 heavy (non-hydrogen) atoms. The van der Waals surface area contributed by atoms with Crippen molar-refractivity contribution in [3.05, 3.63) is 18.0 Å². The van der Waals surface area contributed by atoms with Crippen LogP contribution in [-0.4, -0.2) is 46.5 Å². The normalized spacial score (nSPS) is 24.4. The van der Waals surface area contributed by atoms with Crippen molar-refractivity contribution >= 4 is 5.91 Å². The van der Waals surface area contributed by atoms with E-state index in [1.165, 1.54) is 0 Å². The summed E-state index contributed by atoms with van der Waals surface area (Å²) >= 11 is 0. The van der Waals surface area contributed by atoms with Gasteiger partial charge in [-0.15, -0.1) is 0 Å². The summed E-state index contributed by atoms with van der Waals surface area (Å²) in [6.45, 7) is 6.54. The Hall–Kier alpha value is -1.40. The van der Waals surface area contributed by atoms with Gasteiger partial charge >= 0.3 is 0 Å². The first-order valence-electron chi connectivity index (χ1n) is 8.74. The molecule has 3 N–H and O–H groups in total. The van der Waals surface area contributed by atoms with Gasteiger partial charge < -0.3 is 15.7 Å². The average Bonchev–Trinajstić information content (AvgIpc) is 3.19. The number of aromatic nitrogens is 2. The molecule has 6 heteroatoms. The molecule has 1 aliphatic heterocycles. The molecule has 0 radical (unpaired) electrons. The number of aliphatic hydroxyl groups is 1. The van der Waals surface area contributed by atoms with Crippen LogP contribution >= 0.6 is 0 Å². The Kier molecular flexibility index (Phi) is 4.73. The van der Waals surface area contributed by atoms with E-state index in [2.05, 4.69) is 15.7 Å². The van der Waals surface area contributed by atoms with Crippen molar-refractivity contribution in [3.8, 4) is 0 Å². The van der Waals surface area contributed by atoms with E-state index in [9.17, 15) is 9.90 Å². The number of hydrogen-bond donors (Lipinski definition) is 3. The number of amides is 1. The van der Waals surface area contributed by atoms with Crippen molar-refractivity contribution in [2.24, 2.45) is 11.3 Å². The molecule has 0 bridgehead atoms. The number of aliphatic hydroxyl groups excluding tert-OH is 1. The third kappa shape index (κ3) is 3.58. The van der Waals surface area contributed by atoms with E-state index in [0.29, 0.717) is 18.3 Å². The standard InChI is InChI=1S/C17H28N4O2/c1-12(2)15(22)17(6-7-17)11-19-16(23)14-5-9-21(20-14)13-4-3-8-18-10-13/h5,9,12-13,15,18,22H,3-4,6-8,10-11H2,1-2H3,(H,19,23). The van der Waals surface area contributed by atoms with E-state index < -0.39 is 0 Å². The summed E-state index contributed by atoms with van der Waals surface area (Å²) in [4.78, 5) is 12.3. The SMILES string of the molecule is CC(C)C(O)C1(CNC(=O)c2ccn(C3CCCNC3)n2)CC1. The second kappa shape index (κ2) is 6.61. The number of hydrogen-bond acceptors (Lipinski definition) is 4. The third-order valence-corrected chi connectivity index (χ3v) is 5.24. The molecule has 128 valence electrons. The van der Waals surface area contributed by atoms with Gasteiger partial charge in [0, 0.05) is 24.7 Å². The average molecular weight is 320 g/mol. The molecule has 2 atom stereocenters. The highest BCUT2D eigenvalue weighted by Gasteiger charge is 2.49. The maximum absolute atomic E-state index is 12.3. The minimum absolute atomic E-state index is 0.125. The molecule has 2 aliphatic rings. The number of nitrogens with one attached hydrogen (secondary N) is 2. The topological polar surface area (TPSA) is 79.2 Å². The van der Waals surface area contributed by atoms with Gasteiger partial charge in [0.05, 0.1) is 12.1 Å². The van der Waals surface area contributed by atoms with E-state index in [-0.39, 0.29) is 23.3 Å². The fourth-order valence-corrected chi connectivity index (χ4v) is 3.51. The van der Waals surface area contributed by atoms with Gasteiger partial charge in [-0.25, -0.2) is 0 Å². The highest BCUT2D eigenvalue weighted by molar-refractivity contribution is 5.92. The maximum Gasteiger partial charge on any atom is 0.271 e. The van der Waals surface area contributed by atoms with Crippen LogP contribution in [-0.2, 0) is 0 Å². The van der Waals surface area contributed by atoms with Crippen molar-refractivity contribution in [2.75, 3.05) is 19.6 Å². The van der Waals surface area contributed by atoms with Crippen molar-refractivity contribution < 1.29 is 9.90 Å². The fraction of sp³-hybridized carbons (Fsp3) is 0.765. The molecule has 3 rings (SSSR count). The predicted octanol–water partition coefficient (Wildman–Crippen LogP) is 1.33. The summed E-state index contributed by atoms with van der Waals surface area (Å²) in [6.07, 6.45) is 5.74. The van der Waals surface area contributed by atoms with Crippen molar-refractivity contribution in [2.45, 2.75) is 51.7 Å². The zero-order chi connectivity index (χ0) is 16.4. The minimum atomic E-state index is -0.353. The molecule has 2 heterocycles. The van der Waals surface area contributed by atoms with Crippen LogP contribution < -0.4 is 10.6 Å². The lowest BCUT2D eigenvalue weighted by Gasteiger charge is -2.25. The van der Waals surface area contributed by atoms with Crippen LogP contribution in [0.2, 0.25) is 0 Å². The Morgan fingerprint density at radius 1 is 1.57 bits per heavy atom. The zero-order valence-corrected chi connectivity index (χ0v) is 14.1. The highest BCUT2D eigenvalue weighted by Crippen LogP contribution is 2.50. The molecule has 1 saturated heterocycles. The molecular formula is C17H28N4O2. The number of nitrogens with zero attached hydrogens (tertiary/aromatic N) is 2. The van der Waals surface area contributed by atoms with Gasteiger partial charge in [-0.2, -0.15) is 5.10 Å². The molecule has 1 amide bonds. The molecule has 0 aromatic carbocycles. The van der Waals surface area contributed by atoms with E-state index in [4.69, 9.17) is 0 Å². The van der Waals surface area contributed by atoms with Crippen LogP contribution in [0.25, 0.3) is 0 Å². The molecule has 0 spiro atoms. The quantitative estimate of drug-likeness (QED) is 0.739. The lowest BCUT2D eigenvalue weighted by Crippen LogP contribution is -2.39. The Bertz CT molecular complexity index is 545. The third-order valence-electron chi connectivity index (χ3n) is 5.24. The summed E-state index contributed by atoms with van der Waals surface area (Å²) in [5.41, 5.74) is 0.338. The highest BCUT2D eigenvalue weighted by atomic mass is 16.3. The van der Waals surface area contributed by atoms with Gasteiger partial charge in [-0.05, 0) is 44.2 Å². The van der Waals surface area contributed by atoms with Crippen LogP contribution in [0.4, 0.5) is 0 Å². The zero-order valence-electron chi connectivity index (χ0n) is 14.1. The van der Waals surface area contributed by atoms with E-state index in [0.717, 1.165) is 38.8 Å². The van der Waals surface area contributed by atoms with Crippen molar-refractivity contribution in [3.63, 3.8) is 0 Å². The van der Waals surface area contributed by atoms with Gasteiger partial charge in [0.2, 0.25) is 0 Å². The number of rotatable bonds is 6. The summed E-state index contributed by atoms with van der Waals surface area (Å²) in [6, 6.07) is 2.12. The monoisotopic (exact) mass is 320 g/mol. The Morgan fingerprint density at radius 2 is 2.35 bits per heavy atom. The first-order chi connectivity index (χ1) is 11.0. The smallest absolute Gasteiger partial charge is 0.271 e. The van der Waals surface area contributed by atoms with Gasteiger partial charge in [0.1, 0.15) is 5.69 Å². The Labute approximate surface area is 137 Å². The molecule has 2 unspecified atom stereocenters. The van der Waals surface area contributed by atoms with Gasteiger partial charge in [-0.3, -0.25) is 9.48 Å². The van der Waals surface area contributed by atoms with Crippen LogP contribution in [0, 0.1) is 11.3 Å². The van der Waals surface area contributed by atoms with Crippen LogP contribution in [0.5, 0.6) is 0 Å². The number of carbonyl (C=O) groups excluding carboxylic acids is 1. The predicted molar refractivity (Wildman–Crippen MR) is 88.2 cm³/mol. The summed E-state index contributed by atoms with van der Waals surface area (Å²) in [7, 11) is 0. The molecule has 1 aromatic heterocycles. The van der Waals surface area contributed by atoms with Crippen molar-refractivity contribution in [1.82, 2.24) is 20.4 Å². The molecular weight excluding hydrogens is 292 g/mol. The van der Waals surface area contributed by atoms with Crippen LogP contribution in [0.3, 0.4) is 0 Å². The van der Waals surface area contributed by atoms with Gasteiger partial charge in [-0.1, -0.05) is 13.8 Å². The largest absolute Gasteiger partial charge is 0.392 e. The minimum Gasteiger partial charge on any atom is -0.392 e. The van der Waals surface area contributed by atoms with E-state index in [1.54, 1.807) is 6.07 Å². The Balaban J connectivity index is 1.56. The first kappa shape index (κ1) is 16.5. The number of piperidine rings is 1. The second-order valence-electron chi connectivity index (χ2n) is 7.42. The molecule has 1 aromatic rings. The molecule has 2 fully saturated rings. The summed E-state index contributed by atoms with van der Waals surface area (Å²) in [5, 5.41) is 21.1. The van der Waals surface area contributed by atoms with Gasteiger partial charge in [0.25, 0.3) is 5.91 Å². The lowest BCUT2D eigenvalue weighted by atomic mass is 9.90. The van der Waals surface area contributed by atoms with E-state index >= 15 is 0 Å². The van der Waals surface area contributed by atoms with E-state index in [1.807, 2.05) is 24.7 Å². The molecule has 1 aliphatic carbocycles. The first-order valence-corrected chi connectivity index (χ1v) is 8.74. The fourth-order valence-electron chi connectivity index (χ4n) is 3.51. The summed E-state index contributed by atoms with van der Waals surface area (Å²) in [5.74, 6) is 0.0714. The lowest BCUT2D eigenvalue weighted by molar-refractivity contribution is 0.0489. The molecule has 6 nitrogen and oxygen atoms in total. The maximum atomic E-state index is 12.3. The Morgan fingerprint density at radius 3 is 2.96 bits per heavy atom. The molecule has 1 saturated carbocycles. The summed E-state index contributed by atoms with van der Waals surface area (Å²) < 4.78 is 1.90. The van der Waals surface area contributed by atoms with Crippen LogP contribution in [0.1, 0.15) is 56.1 Å². The van der Waals surface area contributed by atoms with Crippen molar-refractivity contribution in [1.29, 1.82) is 0 Å².